The van der Waals surface area contributed by atoms with E-state index >= 15 is 0 Å². The minimum absolute atomic E-state index is 0.340. The van der Waals surface area contributed by atoms with Gasteiger partial charge in [-0.3, -0.25) is 4.79 Å². The molecular weight excluding hydrogens is 277 g/mol. The number of ether oxygens (including phenoxy) is 1. The molecule has 1 aromatic carbocycles. The number of amides is 1. The molecule has 0 aliphatic rings. The SMILES string of the molecule is CC(C)(C)OC(=O)NC(C(=O)C=[N+]=[N-])c1ccc(F)cc1. The van der Waals surface area contributed by atoms with E-state index in [0.29, 0.717) is 11.8 Å². The van der Waals surface area contributed by atoms with Crippen molar-refractivity contribution in [3.8, 4) is 0 Å². The molecule has 0 saturated carbocycles. The summed E-state index contributed by atoms with van der Waals surface area (Å²) in [5.74, 6) is -1.15. The van der Waals surface area contributed by atoms with Crippen molar-refractivity contribution in [3.05, 3.63) is 41.2 Å². The number of nitrogens with zero attached hydrogens (tertiary/aromatic N) is 2. The first kappa shape index (κ1) is 16.5. The third-order valence-corrected chi connectivity index (χ3v) is 2.33. The van der Waals surface area contributed by atoms with Gasteiger partial charge >= 0.3 is 12.3 Å². The number of alkyl carbamates (subject to hydrolysis) is 1. The molecule has 1 atom stereocenters. The van der Waals surface area contributed by atoms with Crippen molar-refractivity contribution < 1.29 is 23.5 Å². The zero-order valence-corrected chi connectivity index (χ0v) is 12.0. The monoisotopic (exact) mass is 293 g/mol. The summed E-state index contributed by atoms with van der Waals surface area (Å²) in [4.78, 5) is 26.2. The standard InChI is InChI=1S/C14H16FN3O3/c1-14(2,3)21-13(20)18-12(11(19)8-17-16)9-4-6-10(15)7-5-9/h4-8,12H,1-3H3,(H,18,20). The van der Waals surface area contributed by atoms with Crippen LogP contribution in [0, 0.1) is 5.82 Å². The molecule has 1 N–H and O–H groups in total. The molecule has 0 spiro atoms. The molecule has 0 aromatic heterocycles. The number of nitrogens with one attached hydrogen (secondary N) is 1. The second-order valence-corrected chi connectivity index (χ2v) is 5.28. The van der Waals surface area contributed by atoms with Crippen molar-refractivity contribution in [2.24, 2.45) is 0 Å². The Kier molecular flexibility index (Phi) is 5.32. The minimum atomic E-state index is -1.13. The van der Waals surface area contributed by atoms with Crippen LogP contribution < -0.4 is 5.32 Å². The quantitative estimate of drug-likeness (QED) is 0.524. The highest BCUT2D eigenvalue weighted by Crippen LogP contribution is 2.16. The van der Waals surface area contributed by atoms with Crippen LogP contribution in [0.15, 0.2) is 24.3 Å². The maximum Gasteiger partial charge on any atom is 0.408 e. The highest BCUT2D eigenvalue weighted by Gasteiger charge is 2.26. The average Bonchev–Trinajstić information content (AvgIpc) is 2.35. The first-order valence-electron chi connectivity index (χ1n) is 6.19. The van der Waals surface area contributed by atoms with Gasteiger partial charge in [0.1, 0.15) is 17.5 Å². The number of Topliss-reactive ketones (excluding diaryl/α,β-unsaturated/α-hetero) is 1. The van der Waals surface area contributed by atoms with Crippen LogP contribution in [0.25, 0.3) is 5.53 Å². The summed E-state index contributed by atoms with van der Waals surface area (Å²) in [7, 11) is 0. The molecule has 0 heterocycles. The number of ketones is 1. The van der Waals surface area contributed by atoms with Crippen LogP contribution in [0.4, 0.5) is 9.18 Å². The molecule has 1 unspecified atom stereocenters. The number of carbonyl (C=O) groups excluding carboxylic acids is 2. The smallest absolute Gasteiger partial charge is 0.408 e. The maximum atomic E-state index is 12.9. The van der Waals surface area contributed by atoms with Gasteiger partial charge in [0.05, 0.1) is 0 Å². The topological polar surface area (TPSA) is 91.8 Å². The maximum absolute atomic E-state index is 12.9. The van der Waals surface area contributed by atoms with E-state index < -0.39 is 29.3 Å². The Morgan fingerprint density at radius 2 is 1.90 bits per heavy atom. The summed E-state index contributed by atoms with van der Waals surface area (Å²) < 4.78 is 18.0. The van der Waals surface area contributed by atoms with Gasteiger partial charge in [0.2, 0.25) is 0 Å². The van der Waals surface area contributed by atoms with Gasteiger partial charge in [0, 0.05) is 0 Å². The summed E-state index contributed by atoms with van der Waals surface area (Å²) in [6.07, 6.45) is -0.151. The third-order valence-electron chi connectivity index (χ3n) is 2.33. The molecule has 0 fully saturated rings. The van der Waals surface area contributed by atoms with Crippen LogP contribution >= 0.6 is 0 Å². The van der Waals surface area contributed by atoms with E-state index in [1.165, 1.54) is 12.1 Å². The fraction of sp³-hybridized carbons (Fsp3) is 0.357. The molecule has 0 radical (unpaired) electrons. The molecule has 1 amide bonds. The summed E-state index contributed by atoms with van der Waals surface area (Å²) in [6.45, 7) is 5.03. The van der Waals surface area contributed by atoms with Gasteiger partial charge in [-0.05, 0) is 38.5 Å². The molecule has 6 nitrogen and oxygen atoms in total. The molecule has 0 aliphatic carbocycles. The summed E-state index contributed by atoms with van der Waals surface area (Å²) in [6, 6.07) is 3.88. The van der Waals surface area contributed by atoms with E-state index in [9.17, 15) is 14.0 Å². The largest absolute Gasteiger partial charge is 0.444 e. The number of hydrogen-bond donors (Lipinski definition) is 1. The first-order valence-corrected chi connectivity index (χ1v) is 6.19. The van der Waals surface area contributed by atoms with Gasteiger partial charge in [0.15, 0.2) is 0 Å². The summed E-state index contributed by atoms with van der Waals surface area (Å²) in [5, 5.41) is 2.36. The molecule has 1 rings (SSSR count). The first-order chi connectivity index (χ1) is 9.73. The van der Waals surface area contributed by atoms with Gasteiger partial charge in [-0.1, -0.05) is 12.1 Å². The van der Waals surface area contributed by atoms with Gasteiger partial charge in [0.25, 0.3) is 5.78 Å². The molecule has 21 heavy (non-hydrogen) atoms. The highest BCUT2D eigenvalue weighted by molar-refractivity contribution is 6.28. The summed E-state index contributed by atoms with van der Waals surface area (Å²) >= 11 is 0. The number of carbonyl (C=O) groups is 2. The van der Waals surface area contributed by atoms with Gasteiger partial charge < -0.3 is 15.6 Å². The zero-order valence-electron chi connectivity index (χ0n) is 12.0. The van der Waals surface area contributed by atoms with Crippen molar-refractivity contribution >= 4 is 18.1 Å². The molecule has 1 aromatic rings. The van der Waals surface area contributed by atoms with E-state index in [4.69, 9.17) is 10.3 Å². The molecule has 7 heteroatoms. The predicted molar refractivity (Wildman–Crippen MR) is 73.2 cm³/mol. The van der Waals surface area contributed by atoms with Gasteiger partial charge in [-0.15, -0.1) is 0 Å². The Bertz CT molecular complexity index is 572. The number of halogens is 1. The van der Waals surface area contributed by atoms with Gasteiger partial charge in [-0.2, -0.15) is 4.79 Å². The van der Waals surface area contributed by atoms with Crippen LogP contribution in [-0.2, 0) is 9.53 Å². The highest BCUT2D eigenvalue weighted by atomic mass is 19.1. The van der Waals surface area contributed by atoms with Crippen LogP contribution in [0.3, 0.4) is 0 Å². The predicted octanol–water partition coefficient (Wildman–Crippen LogP) is 2.26. The third kappa shape index (κ3) is 5.54. The van der Waals surface area contributed by atoms with E-state index in [1.54, 1.807) is 20.8 Å². The minimum Gasteiger partial charge on any atom is -0.444 e. The lowest BCUT2D eigenvalue weighted by molar-refractivity contribution is -0.118. The van der Waals surface area contributed by atoms with Gasteiger partial charge in [-0.25, -0.2) is 9.18 Å². The zero-order chi connectivity index (χ0) is 16.0. The van der Waals surface area contributed by atoms with Crippen LogP contribution in [-0.4, -0.2) is 28.5 Å². The Balaban J connectivity index is 2.98. The lowest BCUT2D eigenvalue weighted by Crippen LogP contribution is -2.38. The fourth-order valence-corrected chi connectivity index (χ4v) is 1.53. The van der Waals surface area contributed by atoms with Crippen LogP contribution in [0.1, 0.15) is 32.4 Å². The van der Waals surface area contributed by atoms with E-state index in [-0.39, 0.29) is 0 Å². The molecule has 0 aliphatic heterocycles. The average molecular weight is 293 g/mol. The Morgan fingerprint density at radius 3 is 2.38 bits per heavy atom. The number of benzene rings is 1. The lowest BCUT2D eigenvalue weighted by Gasteiger charge is -2.22. The van der Waals surface area contributed by atoms with E-state index in [2.05, 4.69) is 10.1 Å². The second kappa shape index (κ2) is 6.76. The fourth-order valence-electron chi connectivity index (χ4n) is 1.53. The molecule has 0 bridgehead atoms. The van der Waals surface area contributed by atoms with E-state index in [0.717, 1.165) is 12.1 Å². The molecular formula is C14H16FN3O3. The van der Waals surface area contributed by atoms with Crippen molar-refractivity contribution in [2.45, 2.75) is 32.4 Å². The van der Waals surface area contributed by atoms with Crippen LogP contribution in [0.5, 0.6) is 0 Å². The second-order valence-electron chi connectivity index (χ2n) is 5.28. The van der Waals surface area contributed by atoms with Crippen molar-refractivity contribution in [1.82, 2.24) is 5.32 Å². The van der Waals surface area contributed by atoms with Crippen LogP contribution in [0.2, 0.25) is 0 Å². The van der Waals surface area contributed by atoms with Crippen molar-refractivity contribution in [1.29, 1.82) is 0 Å². The normalized spacial score (nSPS) is 12.0. The number of hydrogen-bond acceptors (Lipinski definition) is 3. The number of rotatable bonds is 4. The Labute approximate surface area is 121 Å². The Hall–Kier alpha value is -2.53. The Morgan fingerprint density at radius 1 is 1.33 bits per heavy atom. The van der Waals surface area contributed by atoms with Crippen molar-refractivity contribution in [2.75, 3.05) is 0 Å². The molecule has 0 saturated heterocycles. The molecule has 112 valence electrons. The lowest BCUT2D eigenvalue weighted by atomic mass is 10.0. The van der Waals surface area contributed by atoms with Crippen molar-refractivity contribution in [3.63, 3.8) is 0 Å². The summed E-state index contributed by atoms with van der Waals surface area (Å²) in [5.41, 5.74) is 8.05. The van der Waals surface area contributed by atoms with E-state index in [1.807, 2.05) is 0 Å².